The van der Waals surface area contributed by atoms with Gasteiger partial charge >= 0.3 is 0 Å². The molecule has 3 aromatic carbocycles. The minimum Gasteiger partial charge on any atom is -0.0807 e. The van der Waals surface area contributed by atoms with Crippen molar-refractivity contribution < 1.29 is 0 Å². The van der Waals surface area contributed by atoms with Gasteiger partial charge in [-0.05, 0) is 65.5 Å². The van der Waals surface area contributed by atoms with Crippen LogP contribution in [0.1, 0.15) is 55.2 Å². The Hall–Kier alpha value is -3.12. The van der Waals surface area contributed by atoms with E-state index < -0.39 is 0 Å². The maximum atomic E-state index is 2.35. The summed E-state index contributed by atoms with van der Waals surface area (Å²) >= 11 is 0. The number of hydrogen-bond donors (Lipinski definition) is 0. The van der Waals surface area contributed by atoms with Crippen LogP contribution in [0.15, 0.2) is 115 Å². The number of rotatable bonds is 5. The summed E-state index contributed by atoms with van der Waals surface area (Å²) < 4.78 is 0. The Morgan fingerprint density at radius 1 is 0.710 bits per heavy atom. The summed E-state index contributed by atoms with van der Waals surface area (Å²) in [5.74, 6) is 0.790. The standard InChI is InChI=1S/C31H30/c1-31(29-14-7-4-8-15-29,28-12-5-2-3-6-13-28)30-22-20-27(21-23-30)26-18-16-25(17-19-26)24-10-9-11-24/h2,4-8,12-24H,3,9-11H2,1H3. The number of benzene rings is 3. The van der Waals surface area contributed by atoms with E-state index >= 15 is 0 Å². The van der Waals surface area contributed by atoms with E-state index in [4.69, 9.17) is 0 Å². The molecule has 154 valence electrons. The van der Waals surface area contributed by atoms with Crippen molar-refractivity contribution in [2.45, 2.75) is 43.9 Å². The molecule has 1 unspecified atom stereocenters. The van der Waals surface area contributed by atoms with Crippen LogP contribution in [0, 0.1) is 0 Å². The quantitative estimate of drug-likeness (QED) is 0.402. The fourth-order valence-corrected chi connectivity index (χ4v) is 4.87. The third kappa shape index (κ3) is 3.83. The van der Waals surface area contributed by atoms with Crippen LogP contribution in [0.5, 0.6) is 0 Å². The molecule has 0 aromatic heterocycles. The molecular weight excluding hydrogens is 372 g/mol. The molecule has 5 rings (SSSR count). The molecule has 0 spiro atoms. The van der Waals surface area contributed by atoms with Gasteiger partial charge in [0, 0.05) is 5.41 Å². The molecule has 0 heteroatoms. The van der Waals surface area contributed by atoms with Crippen molar-refractivity contribution in [2.24, 2.45) is 0 Å². The maximum absolute atomic E-state index is 2.35. The van der Waals surface area contributed by atoms with E-state index in [1.807, 2.05) is 0 Å². The molecule has 0 N–H and O–H groups in total. The predicted molar refractivity (Wildman–Crippen MR) is 132 cm³/mol. The molecule has 31 heavy (non-hydrogen) atoms. The molecule has 0 aliphatic heterocycles. The fourth-order valence-electron chi connectivity index (χ4n) is 4.87. The van der Waals surface area contributed by atoms with E-state index in [0.717, 1.165) is 12.3 Å². The second-order valence-electron chi connectivity index (χ2n) is 9.01. The van der Waals surface area contributed by atoms with Crippen molar-refractivity contribution in [1.29, 1.82) is 0 Å². The van der Waals surface area contributed by atoms with Gasteiger partial charge in [0.1, 0.15) is 0 Å². The molecule has 0 radical (unpaired) electrons. The van der Waals surface area contributed by atoms with Gasteiger partial charge < -0.3 is 0 Å². The lowest BCUT2D eigenvalue weighted by Gasteiger charge is -2.33. The molecule has 0 nitrogen and oxygen atoms in total. The van der Waals surface area contributed by atoms with E-state index in [2.05, 4.69) is 116 Å². The van der Waals surface area contributed by atoms with Gasteiger partial charge in [-0.25, -0.2) is 0 Å². The highest BCUT2D eigenvalue weighted by atomic mass is 14.3. The van der Waals surface area contributed by atoms with Crippen molar-refractivity contribution in [1.82, 2.24) is 0 Å². The molecule has 1 fully saturated rings. The van der Waals surface area contributed by atoms with Crippen LogP contribution in [0.3, 0.4) is 0 Å². The first-order valence-corrected chi connectivity index (χ1v) is 11.6. The summed E-state index contributed by atoms with van der Waals surface area (Å²) in [6.07, 6.45) is 16.3. The Morgan fingerprint density at radius 2 is 1.35 bits per heavy atom. The second kappa shape index (κ2) is 8.55. The van der Waals surface area contributed by atoms with Gasteiger partial charge in [-0.2, -0.15) is 0 Å². The van der Waals surface area contributed by atoms with E-state index in [-0.39, 0.29) is 5.41 Å². The van der Waals surface area contributed by atoms with Crippen LogP contribution in [0.2, 0.25) is 0 Å². The smallest absolute Gasteiger partial charge is 0.0423 e. The molecule has 1 atom stereocenters. The van der Waals surface area contributed by atoms with Crippen LogP contribution in [-0.4, -0.2) is 0 Å². The van der Waals surface area contributed by atoms with E-state index in [1.165, 1.54) is 52.7 Å². The third-order valence-electron chi connectivity index (χ3n) is 7.19. The average Bonchev–Trinajstić information content (AvgIpc) is 3.09. The topological polar surface area (TPSA) is 0 Å². The predicted octanol–water partition coefficient (Wildman–Crippen LogP) is 8.37. The normalized spacial score (nSPS) is 18.0. The van der Waals surface area contributed by atoms with Crippen molar-refractivity contribution in [3.63, 3.8) is 0 Å². The second-order valence-corrected chi connectivity index (χ2v) is 9.01. The Bertz CT molecular complexity index is 1110. The minimum atomic E-state index is -0.195. The summed E-state index contributed by atoms with van der Waals surface area (Å²) in [4.78, 5) is 0. The zero-order chi connectivity index (χ0) is 21.1. The highest BCUT2D eigenvalue weighted by Crippen LogP contribution is 2.41. The van der Waals surface area contributed by atoms with Crippen molar-refractivity contribution in [3.8, 4) is 11.1 Å². The molecule has 0 bridgehead atoms. The van der Waals surface area contributed by atoms with E-state index in [1.54, 1.807) is 0 Å². The highest BCUT2D eigenvalue weighted by Gasteiger charge is 2.32. The molecule has 0 saturated heterocycles. The first-order valence-electron chi connectivity index (χ1n) is 11.6. The van der Waals surface area contributed by atoms with Crippen LogP contribution < -0.4 is 0 Å². The largest absolute Gasteiger partial charge is 0.0807 e. The van der Waals surface area contributed by atoms with Gasteiger partial charge in [-0.1, -0.05) is 116 Å². The summed E-state index contributed by atoms with van der Waals surface area (Å²) in [6.45, 7) is 2.35. The molecular formula is C31H30. The first-order chi connectivity index (χ1) is 15.2. The Labute approximate surface area is 186 Å². The SMILES string of the molecule is CC(C1=CC=CCC=C1)(c1ccccc1)c1ccc(-c2ccc(C3CCC3)cc2)cc1. The third-order valence-corrected chi connectivity index (χ3v) is 7.19. The van der Waals surface area contributed by atoms with Gasteiger partial charge in [0.05, 0.1) is 0 Å². The monoisotopic (exact) mass is 402 g/mol. The van der Waals surface area contributed by atoms with Crippen molar-refractivity contribution in [2.75, 3.05) is 0 Å². The number of allylic oxidation sites excluding steroid dienone is 6. The van der Waals surface area contributed by atoms with Gasteiger partial charge in [-0.15, -0.1) is 0 Å². The van der Waals surface area contributed by atoms with Gasteiger partial charge in [0.25, 0.3) is 0 Å². The summed E-state index contributed by atoms with van der Waals surface area (Å²) in [6, 6.07) is 29.3. The molecule has 0 amide bonds. The van der Waals surface area contributed by atoms with Crippen LogP contribution >= 0.6 is 0 Å². The van der Waals surface area contributed by atoms with Crippen LogP contribution in [0.4, 0.5) is 0 Å². The van der Waals surface area contributed by atoms with E-state index in [0.29, 0.717) is 0 Å². The fraction of sp³-hybridized carbons (Fsp3) is 0.226. The Balaban J connectivity index is 1.50. The van der Waals surface area contributed by atoms with Crippen molar-refractivity contribution in [3.05, 3.63) is 132 Å². The molecule has 2 aliphatic carbocycles. The molecule has 0 heterocycles. The lowest BCUT2D eigenvalue weighted by atomic mass is 9.70. The molecule has 2 aliphatic rings. The Morgan fingerprint density at radius 3 is 2.00 bits per heavy atom. The maximum Gasteiger partial charge on any atom is 0.0423 e. The minimum absolute atomic E-state index is 0.195. The van der Waals surface area contributed by atoms with E-state index in [9.17, 15) is 0 Å². The zero-order valence-corrected chi connectivity index (χ0v) is 18.3. The summed E-state index contributed by atoms with van der Waals surface area (Å²) in [7, 11) is 0. The van der Waals surface area contributed by atoms with Gasteiger partial charge in [0.15, 0.2) is 0 Å². The summed E-state index contributed by atoms with van der Waals surface area (Å²) in [5, 5.41) is 0. The lowest BCUT2D eigenvalue weighted by molar-refractivity contribution is 0.420. The molecule has 3 aromatic rings. The molecule has 1 saturated carbocycles. The van der Waals surface area contributed by atoms with Crippen molar-refractivity contribution >= 4 is 0 Å². The van der Waals surface area contributed by atoms with Gasteiger partial charge in [-0.3, -0.25) is 0 Å². The average molecular weight is 403 g/mol. The summed E-state index contributed by atoms with van der Waals surface area (Å²) in [5.41, 5.74) is 7.85. The first kappa shape index (κ1) is 19.8. The van der Waals surface area contributed by atoms with Crippen LogP contribution in [-0.2, 0) is 5.41 Å². The Kier molecular flexibility index (Phi) is 5.47. The number of hydrogen-bond acceptors (Lipinski definition) is 0. The highest BCUT2D eigenvalue weighted by molar-refractivity contribution is 5.65. The van der Waals surface area contributed by atoms with Crippen LogP contribution in [0.25, 0.3) is 11.1 Å². The van der Waals surface area contributed by atoms with Gasteiger partial charge in [0.2, 0.25) is 0 Å². The lowest BCUT2D eigenvalue weighted by Crippen LogP contribution is -2.25. The zero-order valence-electron chi connectivity index (χ0n) is 18.3.